The second kappa shape index (κ2) is 3.81. The number of hydrogen-bond acceptors (Lipinski definition) is 5. The molecule has 0 radical (unpaired) electrons. The van der Waals surface area contributed by atoms with Gasteiger partial charge in [0.15, 0.2) is 0 Å². The number of nitrogens with zero attached hydrogens (tertiary/aromatic N) is 5. The molecule has 0 aromatic carbocycles. The fourth-order valence-electron chi connectivity index (χ4n) is 2.18. The fourth-order valence-corrected chi connectivity index (χ4v) is 2.18. The van der Waals surface area contributed by atoms with Crippen LogP contribution in [0, 0.1) is 6.92 Å². The number of hydrogen-bond donors (Lipinski definition) is 1. The standard InChI is InChI=1S/C13H16N6/c1-7-5-6-8-10(17-13(15-8)18(2)3)11-9(7)16-12(14)19(11)4/h5-6H,1-4H3,(H2,14,16). The van der Waals surface area contributed by atoms with Gasteiger partial charge in [-0.2, -0.15) is 0 Å². The van der Waals surface area contributed by atoms with E-state index in [-0.39, 0.29) is 0 Å². The van der Waals surface area contributed by atoms with Crippen LogP contribution in [0.4, 0.5) is 11.9 Å². The predicted octanol–water partition coefficient (Wildman–Crippen LogP) is 1.42. The molecule has 6 nitrogen and oxygen atoms in total. The molecule has 0 spiro atoms. The van der Waals surface area contributed by atoms with Crippen LogP contribution in [0.1, 0.15) is 5.56 Å². The molecule has 1 aromatic heterocycles. The number of imidazole rings is 2. The van der Waals surface area contributed by atoms with Crippen LogP contribution >= 0.6 is 0 Å². The van der Waals surface area contributed by atoms with Crippen LogP contribution in [0.15, 0.2) is 12.1 Å². The van der Waals surface area contributed by atoms with Crippen molar-refractivity contribution in [2.24, 2.45) is 7.05 Å². The summed E-state index contributed by atoms with van der Waals surface area (Å²) < 4.78 is 1.86. The van der Waals surface area contributed by atoms with Gasteiger partial charge < -0.3 is 15.2 Å². The summed E-state index contributed by atoms with van der Waals surface area (Å²) in [6.45, 7) is 2.01. The van der Waals surface area contributed by atoms with E-state index in [4.69, 9.17) is 5.73 Å². The van der Waals surface area contributed by atoms with E-state index < -0.39 is 0 Å². The first-order chi connectivity index (χ1) is 8.99. The zero-order chi connectivity index (χ0) is 13.7. The van der Waals surface area contributed by atoms with Crippen LogP contribution in [-0.2, 0) is 7.05 Å². The number of rotatable bonds is 1. The van der Waals surface area contributed by atoms with Crippen LogP contribution in [0.3, 0.4) is 0 Å². The van der Waals surface area contributed by atoms with Gasteiger partial charge in [0.25, 0.3) is 0 Å². The monoisotopic (exact) mass is 256 g/mol. The molecule has 98 valence electrons. The summed E-state index contributed by atoms with van der Waals surface area (Å²) >= 11 is 0. The van der Waals surface area contributed by atoms with E-state index in [2.05, 4.69) is 15.0 Å². The summed E-state index contributed by atoms with van der Waals surface area (Å²) in [7, 11) is 5.75. The average molecular weight is 256 g/mol. The van der Waals surface area contributed by atoms with Crippen LogP contribution < -0.4 is 10.6 Å². The lowest BCUT2D eigenvalue weighted by Gasteiger charge is -2.04. The normalized spacial score (nSPS) is 11.4. The SMILES string of the molecule is Cc1ccc2nc(N(C)C)nc-2c2c1nc(N)n2C. The first kappa shape index (κ1) is 11.7. The Balaban J connectivity index is 2.49. The van der Waals surface area contributed by atoms with Gasteiger partial charge in [-0.05, 0) is 18.6 Å². The zero-order valence-corrected chi connectivity index (χ0v) is 11.5. The van der Waals surface area contributed by atoms with Gasteiger partial charge in [-0.1, -0.05) is 6.07 Å². The lowest BCUT2D eigenvalue weighted by Crippen LogP contribution is -2.09. The molecular formula is C13H16N6. The Bertz CT molecular complexity index is 743. The van der Waals surface area contributed by atoms with Crippen molar-refractivity contribution >= 4 is 22.9 Å². The fraction of sp³-hybridized carbons (Fsp3) is 0.308. The van der Waals surface area contributed by atoms with Gasteiger partial charge in [-0.3, -0.25) is 0 Å². The first-order valence-electron chi connectivity index (χ1n) is 6.05. The number of anilines is 2. The maximum atomic E-state index is 5.91. The lowest BCUT2D eigenvalue weighted by molar-refractivity contribution is 0.963. The average Bonchev–Trinajstić information content (AvgIpc) is 2.86. The quantitative estimate of drug-likeness (QED) is 0.713. The number of aryl methyl sites for hydroxylation is 2. The molecule has 2 heterocycles. The van der Waals surface area contributed by atoms with Gasteiger partial charge in [-0.15, -0.1) is 0 Å². The topological polar surface area (TPSA) is 72.9 Å². The molecule has 0 saturated heterocycles. The van der Waals surface area contributed by atoms with Crippen molar-refractivity contribution in [3.05, 3.63) is 17.7 Å². The highest BCUT2D eigenvalue weighted by Crippen LogP contribution is 2.31. The molecule has 2 N–H and O–H groups in total. The molecule has 0 fully saturated rings. The van der Waals surface area contributed by atoms with Crippen LogP contribution in [0.2, 0.25) is 0 Å². The molecule has 0 atom stereocenters. The lowest BCUT2D eigenvalue weighted by atomic mass is 10.2. The Hall–Kier alpha value is -2.37. The van der Waals surface area contributed by atoms with E-state index in [0.717, 1.165) is 28.0 Å². The third-order valence-corrected chi connectivity index (χ3v) is 3.29. The minimum absolute atomic E-state index is 0.486. The summed E-state index contributed by atoms with van der Waals surface area (Å²) in [6.07, 6.45) is 0. The van der Waals surface area contributed by atoms with Crippen LogP contribution in [0.5, 0.6) is 0 Å². The summed E-state index contributed by atoms with van der Waals surface area (Å²) in [5.41, 5.74) is 10.5. The van der Waals surface area contributed by atoms with E-state index in [0.29, 0.717) is 11.9 Å². The minimum Gasteiger partial charge on any atom is -0.369 e. The highest BCUT2D eigenvalue weighted by Gasteiger charge is 2.19. The van der Waals surface area contributed by atoms with Crippen LogP contribution in [0.25, 0.3) is 22.4 Å². The maximum absolute atomic E-state index is 5.91. The van der Waals surface area contributed by atoms with Gasteiger partial charge in [0, 0.05) is 21.1 Å². The van der Waals surface area contributed by atoms with Crippen molar-refractivity contribution in [2.45, 2.75) is 6.92 Å². The third-order valence-electron chi connectivity index (χ3n) is 3.29. The number of fused-ring (bicyclic) bond motifs is 3. The predicted molar refractivity (Wildman–Crippen MR) is 76.4 cm³/mol. The van der Waals surface area contributed by atoms with Gasteiger partial charge in [0.05, 0.1) is 16.7 Å². The number of nitrogen functional groups attached to an aromatic ring is 1. The Morgan fingerprint density at radius 2 is 1.89 bits per heavy atom. The van der Waals surface area contributed by atoms with Gasteiger partial charge in [0.1, 0.15) is 5.69 Å². The van der Waals surface area contributed by atoms with E-state index in [1.807, 2.05) is 49.7 Å². The third kappa shape index (κ3) is 1.60. The minimum atomic E-state index is 0.486. The molecule has 19 heavy (non-hydrogen) atoms. The van der Waals surface area contributed by atoms with E-state index in [9.17, 15) is 0 Å². The van der Waals surface area contributed by atoms with Crippen molar-refractivity contribution in [2.75, 3.05) is 24.7 Å². The van der Waals surface area contributed by atoms with Crippen molar-refractivity contribution in [1.29, 1.82) is 0 Å². The highest BCUT2D eigenvalue weighted by atomic mass is 15.2. The molecule has 3 rings (SSSR count). The molecule has 2 aliphatic rings. The van der Waals surface area contributed by atoms with Crippen LogP contribution in [-0.4, -0.2) is 33.6 Å². The van der Waals surface area contributed by atoms with E-state index in [1.54, 1.807) is 0 Å². The van der Waals surface area contributed by atoms with Crippen molar-refractivity contribution < 1.29 is 0 Å². The largest absolute Gasteiger partial charge is 0.369 e. The smallest absolute Gasteiger partial charge is 0.226 e. The summed E-state index contributed by atoms with van der Waals surface area (Å²) in [5, 5.41) is 0. The van der Waals surface area contributed by atoms with Crippen molar-refractivity contribution in [3.63, 3.8) is 0 Å². The second-order valence-corrected chi connectivity index (χ2v) is 4.89. The second-order valence-electron chi connectivity index (χ2n) is 4.89. The first-order valence-corrected chi connectivity index (χ1v) is 6.05. The molecule has 6 heteroatoms. The maximum Gasteiger partial charge on any atom is 0.226 e. The Morgan fingerprint density at radius 3 is 2.58 bits per heavy atom. The molecule has 0 bridgehead atoms. The molecule has 1 aliphatic carbocycles. The molecule has 1 aromatic rings. The van der Waals surface area contributed by atoms with E-state index >= 15 is 0 Å². The molecule has 0 unspecified atom stereocenters. The molecule has 0 saturated carbocycles. The molecule has 0 amide bonds. The summed E-state index contributed by atoms with van der Waals surface area (Å²) in [6, 6.07) is 3.98. The van der Waals surface area contributed by atoms with Gasteiger partial charge in [0.2, 0.25) is 11.9 Å². The number of nitrogens with two attached hydrogens (primary N) is 1. The highest BCUT2D eigenvalue weighted by molar-refractivity contribution is 5.93. The van der Waals surface area contributed by atoms with E-state index in [1.165, 1.54) is 0 Å². The summed E-state index contributed by atoms with van der Waals surface area (Å²) in [4.78, 5) is 15.4. The van der Waals surface area contributed by atoms with Crippen molar-refractivity contribution in [1.82, 2.24) is 19.5 Å². The molecular weight excluding hydrogens is 240 g/mol. The van der Waals surface area contributed by atoms with Gasteiger partial charge >= 0.3 is 0 Å². The van der Waals surface area contributed by atoms with Crippen molar-refractivity contribution in [3.8, 4) is 11.4 Å². The summed E-state index contributed by atoms with van der Waals surface area (Å²) in [5.74, 6) is 1.18. The van der Waals surface area contributed by atoms with Gasteiger partial charge in [-0.25, -0.2) is 15.0 Å². The Labute approximate surface area is 111 Å². The molecule has 1 aliphatic heterocycles. The Kier molecular flexibility index (Phi) is 2.35. The number of aromatic nitrogens is 4. The zero-order valence-electron chi connectivity index (χ0n) is 11.5. The Morgan fingerprint density at radius 1 is 1.16 bits per heavy atom.